The summed E-state index contributed by atoms with van der Waals surface area (Å²) in [6.45, 7) is 7.59. The fraction of sp³-hybridized carbons (Fsp3) is 0.357. The topological polar surface area (TPSA) is 68.3 Å². The normalized spacial score (nSPS) is 11.7. The molecule has 0 atom stereocenters. The van der Waals surface area contributed by atoms with Crippen LogP contribution in [0.3, 0.4) is 0 Å². The summed E-state index contributed by atoms with van der Waals surface area (Å²) in [5.74, 6) is 0.643. The van der Waals surface area contributed by atoms with Crippen molar-refractivity contribution in [3.63, 3.8) is 0 Å². The van der Waals surface area contributed by atoms with Crippen LogP contribution in [0, 0.1) is 13.8 Å². The van der Waals surface area contributed by atoms with E-state index >= 15 is 0 Å². The summed E-state index contributed by atoms with van der Waals surface area (Å²) in [5.41, 5.74) is 0.832. The first-order valence-corrected chi connectivity index (χ1v) is 8.81. The SMILES string of the molecule is Cc1nc(NS(=O)(=O)c2ccc(OC(C)C)cc2)sc1C. The lowest BCUT2D eigenvalue weighted by atomic mass is 10.3. The zero-order valence-electron chi connectivity index (χ0n) is 12.4. The summed E-state index contributed by atoms with van der Waals surface area (Å²) in [6, 6.07) is 6.33. The highest BCUT2D eigenvalue weighted by Crippen LogP contribution is 2.25. The zero-order chi connectivity index (χ0) is 15.6. The second kappa shape index (κ2) is 6.03. The Morgan fingerprint density at radius 1 is 1.19 bits per heavy atom. The third-order valence-corrected chi connectivity index (χ3v) is 5.23. The van der Waals surface area contributed by atoms with Crippen LogP contribution in [0.5, 0.6) is 5.75 Å². The van der Waals surface area contributed by atoms with Crippen molar-refractivity contribution >= 4 is 26.5 Å². The van der Waals surface area contributed by atoms with Crippen LogP contribution in [0.4, 0.5) is 5.13 Å². The number of ether oxygens (including phenoxy) is 1. The van der Waals surface area contributed by atoms with Crippen LogP contribution in [-0.2, 0) is 10.0 Å². The Morgan fingerprint density at radius 3 is 2.29 bits per heavy atom. The van der Waals surface area contributed by atoms with Gasteiger partial charge in [0.05, 0.1) is 16.7 Å². The Kier molecular flexibility index (Phi) is 4.53. The standard InChI is InChI=1S/C14H18N2O3S2/c1-9(2)19-12-5-7-13(8-6-12)21(17,18)16-14-15-10(3)11(4)20-14/h5-9H,1-4H3,(H,15,16). The Morgan fingerprint density at radius 2 is 1.81 bits per heavy atom. The van der Waals surface area contributed by atoms with Crippen molar-refractivity contribution in [1.82, 2.24) is 4.98 Å². The molecule has 0 saturated heterocycles. The van der Waals surface area contributed by atoms with E-state index in [2.05, 4.69) is 9.71 Å². The van der Waals surface area contributed by atoms with E-state index in [1.165, 1.54) is 23.5 Å². The molecule has 114 valence electrons. The van der Waals surface area contributed by atoms with E-state index in [1.54, 1.807) is 12.1 Å². The number of nitrogens with one attached hydrogen (secondary N) is 1. The van der Waals surface area contributed by atoms with Crippen LogP contribution < -0.4 is 9.46 Å². The van der Waals surface area contributed by atoms with Crippen molar-refractivity contribution in [2.75, 3.05) is 4.72 Å². The molecule has 1 N–H and O–H groups in total. The molecular formula is C14H18N2O3S2. The molecule has 21 heavy (non-hydrogen) atoms. The van der Waals surface area contributed by atoms with Gasteiger partial charge in [-0.25, -0.2) is 13.4 Å². The Hall–Kier alpha value is -1.60. The summed E-state index contributed by atoms with van der Waals surface area (Å²) in [6.07, 6.45) is 0.0480. The van der Waals surface area contributed by atoms with Crippen LogP contribution in [0.1, 0.15) is 24.4 Å². The van der Waals surface area contributed by atoms with Crippen LogP contribution in [0.25, 0.3) is 0 Å². The van der Waals surface area contributed by atoms with Gasteiger partial charge in [-0.1, -0.05) is 0 Å². The third kappa shape index (κ3) is 3.95. The van der Waals surface area contributed by atoms with E-state index in [-0.39, 0.29) is 11.0 Å². The molecule has 0 amide bonds. The Balaban J connectivity index is 2.19. The highest BCUT2D eigenvalue weighted by molar-refractivity contribution is 7.93. The molecule has 7 heteroatoms. The van der Waals surface area contributed by atoms with Crippen LogP contribution in [-0.4, -0.2) is 19.5 Å². The summed E-state index contributed by atoms with van der Waals surface area (Å²) >= 11 is 1.32. The number of benzene rings is 1. The first-order valence-electron chi connectivity index (χ1n) is 6.51. The number of anilines is 1. The summed E-state index contributed by atoms with van der Waals surface area (Å²) < 4.78 is 32.5. The molecule has 0 spiro atoms. The second-order valence-electron chi connectivity index (χ2n) is 4.90. The van der Waals surface area contributed by atoms with Crippen LogP contribution in [0.2, 0.25) is 0 Å². The van der Waals surface area contributed by atoms with Gasteiger partial charge in [0.2, 0.25) is 0 Å². The van der Waals surface area contributed by atoms with Gasteiger partial charge in [0.1, 0.15) is 5.75 Å². The number of thiazole rings is 1. The minimum Gasteiger partial charge on any atom is -0.491 e. The maximum Gasteiger partial charge on any atom is 0.263 e. The first kappa shape index (κ1) is 15.8. The lowest BCUT2D eigenvalue weighted by Gasteiger charge is -2.10. The van der Waals surface area contributed by atoms with Crippen molar-refractivity contribution in [3.8, 4) is 5.75 Å². The number of hydrogen-bond donors (Lipinski definition) is 1. The average molecular weight is 326 g/mol. The maximum absolute atomic E-state index is 12.3. The number of rotatable bonds is 5. The zero-order valence-corrected chi connectivity index (χ0v) is 14.0. The van der Waals surface area contributed by atoms with Gasteiger partial charge in [-0.2, -0.15) is 0 Å². The molecule has 2 rings (SSSR count). The van der Waals surface area contributed by atoms with Gasteiger partial charge in [-0.05, 0) is 52.0 Å². The lowest BCUT2D eigenvalue weighted by molar-refractivity contribution is 0.242. The largest absolute Gasteiger partial charge is 0.491 e. The molecule has 2 aromatic rings. The Bertz CT molecular complexity index is 700. The van der Waals surface area contributed by atoms with E-state index in [0.717, 1.165) is 10.6 Å². The van der Waals surface area contributed by atoms with Crippen LogP contribution >= 0.6 is 11.3 Å². The fourth-order valence-electron chi connectivity index (χ4n) is 1.66. The van der Waals surface area contributed by atoms with Gasteiger partial charge in [0, 0.05) is 4.88 Å². The predicted molar refractivity (Wildman–Crippen MR) is 84.6 cm³/mol. The maximum atomic E-state index is 12.3. The quantitative estimate of drug-likeness (QED) is 0.915. The number of aryl methyl sites for hydroxylation is 2. The van der Waals surface area contributed by atoms with Gasteiger partial charge in [-0.3, -0.25) is 4.72 Å². The third-order valence-electron chi connectivity index (χ3n) is 2.76. The van der Waals surface area contributed by atoms with Gasteiger partial charge < -0.3 is 4.74 Å². The van der Waals surface area contributed by atoms with Gasteiger partial charge in [0.25, 0.3) is 10.0 Å². The van der Waals surface area contributed by atoms with E-state index in [1.807, 2.05) is 27.7 Å². The molecule has 0 fully saturated rings. The van der Waals surface area contributed by atoms with Gasteiger partial charge in [-0.15, -0.1) is 11.3 Å². The minimum absolute atomic E-state index is 0.0480. The molecule has 0 bridgehead atoms. The number of nitrogens with zero attached hydrogens (tertiary/aromatic N) is 1. The van der Waals surface area contributed by atoms with Crippen molar-refractivity contribution in [1.29, 1.82) is 0 Å². The summed E-state index contributed by atoms with van der Waals surface area (Å²) in [5, 5.41) is 0.382. The summed E-state index contributed by atoms with van der Waals surface area (Å²) in [4.78, 5) is 5.36. The molecule has 0 saturated carbocycles. The van der Waals surface area contributed by atoms with Crippen molar-refractivity contribution in [2.24, 2.45) is 0 Å². The highest BCUT2D eigenvalue weighted by Gasteiger charge is 2.16. The minimum atomic E-state index is -3.62. The van der Waals surface area contributed by atoms with Crippen molar-refractivity contribution in [3.05, 3.63) is 34.8 Å². The number of aromatic nitrogens is 1. The average Bonchev–Trinajstić information content (AvgIpc) is 2.67. The first-order chi connectivity index (χ1) is 9.78. The van der Waals surface area contributed by atoms with E-state index in [4.69, 9.17) is 4.74 Å². The fourth-order valence-corrected chi connectivity index (χ4v) is 3.71. The molecule has 1 aromatic heterocycles. The smallest absolute Gasteiger partial charge is 0.263 e. The van der Waals surface area contributed by atoms with Crippen LogP contribution in [0.15, 0.2) is 29.2 Å². The van der Waals surface area contributed by atoms with E-state index in [0.29, 0.717) is 10.9 Å². The van der Waals surface area contributed by atoms with Crippen molar-refractivity contribution in [2.45, 2.75) is 38.7 Å². The molecule has 1 heterocycles. The second-order valence-corrected chi connectivity index (χ2v) is 7.79. The predicted octanol–water partition coefficient (Wildman–Crippen LogP) is 3.35. The molecule has 5 nitrogen and oxygen atoms in total. The molecule has 0 aliphatic rings. The lowest BCUT2D eigenvalue weighted by Crippen LogP contribution is -2.13. The summed E-state index contributed by atoms with van der Waals surface area (Å²) in [7, 11) is -3.62. The van der Waals surface area contributed by atoms with Gasteiger partial charge >= 0.3 is 0 Å². The monoisotopic (exact) mass is 326 g/mol. The molecule has 0 aliphatic carbocycles. The highest BCUT2D eigenvalue weighted by atomic mass is 32.2. The molecule has 0 aliphatic heterocycles. The Labute approximate surface area is 129 Å². The molecule has 1 aromatic carbocycles. The van der Waals surface area contributed by atoms with Crippen molar-refractivity contribution < 1.29 is 13.2 Å². The molecule has 0 radical (unpaired) electrons. The van der Waals surface area contributed by atoms with Gasteiger partial charge in [0.15, 0.2) is 5.13 Å². The van der Waals surface area contributed by atoms with E-state index < -0.39 is 10.0 Å². The van der Waals surface area contributed by atoms with E-state index in [9.17, 15) is 8.42 Å². The molecule has 0 unspecified atom stereocenters. The number of sulfonamides is 1. The molecular weight excluding hydrogens is 308 g/mol. The number of hydrogen-bond acceptors (Lipinski definition) is 5.